The number of ether oxygens (including phenoxy) is 1. The zero-order chi connectivity index (χ0) is 17.6. The lowest BCUT2D eigenvalue weighted by molar-refractivity contribution is -0.139. The number of carboxylic acids is 1. The summed E-state index contributed by atoms with van der Waals surface area (Å²) >= 11 is 5.92. The van der Waals surface area contributed by atoms with Crippen LogP contribution in [0.1, 0.15) is 46.5 Å². The van der Waals surface area contributed by atoms with Gasteiger partial charge >= 0.3 is 12.1 Å². The van der Waals surface area contributed by atoms with Gasteiger partial charge in [0.2, 0.25) is 5.91 Å². The average Bonchev–Trinajstić information content (AvgIpc) is 2.69. The van der Waals surface area contributed by atoms with Crippen molar-refractivity contribution in [3.05, 3.63) is 0 Å². The highest BCUT2D eigenvalue weighted by atomic mass is 35.5. The molecule has 0 spiro atoms. The Hall–Kier alpha value is -1.50. The van der Waals surface area contributed by atoms with Crippen molar-refractivity contribution in [2.24, 2.45) is 0 Å². The maximum absolute atomic E-state index is 11.6. The molecule has 132 valence electrons. The summed E-state index contributed by atoms with van der Waals surface area (Å²) in [6.07, 6.45) is 1.13. The second-order valence-corrected chi connectivity index (χ2v) is 7.29. The van der Waals surface area contributed by atoms with E-state index in [9.17, 15) is 14.4 Å². The maximum atomic E-state index is 11.6. The Morgan fingerprint density at radius 2 is 2.09 bits per heavy atom. The second-order valence-electron chi connectivity index (χ2n) is 6.67. The van der Waals surface area contributed by atoms with Gasteiger partial charge in [-0.15, -0.1) is 11.6 Å². The number of hydrogen-bond acceptors (Lipinski definition) is 4. The van der Waals surface area contributed by atoms with Gasteiger partial charge in [0.15, 0.2) is 0 Å². The second kappa shape index (κ2) is 8.38. The van der Waals surface area contributed by atoms with Crippen LogP contribution in [0.15, 0.2) is 0 Å². The molecule has 2 amide bonds. The van der Waals surface area contributed by atoms with Gasteiger partial charge in [-0.05, 0) is 40.0 Å². The van der Waals surface area contributed by atoms with Crippen LogP contribution in [0.3, 0.4) is 0 Å². The fraction of sp³-hybridized carbons (Fsp3) is 0.800. The van der Waals surface area contributed by atoms with Crippen molar-refractivity contribution >= 4 is 29.6 Å². The summed E-state index contributed by atoms with van der Waals surface area (Å²) in [5, 5.41) is 11.4. The summed E-state index contributed by atoms with van der Waals surface area (Å²) in [6.45, 7) is 6.22. The molecule has 23 heavy (non-hydrogen) atoms. The maximum Gasteiger partial charge on any atom is 0.408 e. The Morgan fingerprint density at radius 3 is 2.57 bits per heavy atom. The molecule has 0 aromatic carbocycles. The van der Waals surface area contributed by atoms with E-state index in [2.05, 4.69) is 5.32 Å². The van der Waals surface area contributed by atoms with Gasteiger partial charge in [0.05, 0.1) is 5.38 Å². The lowest BCUT2D eigenvalue weighted by Gasteiger charge is -2.22. The monoisotopic (exact) mass is 348 g/mol. The van der Waals surface area contributed by atoms with Gasteiger partial charge in [0.25, 0.3) is 0 Å². The number of nitrogens with zero attached hydrogens (tertiary/aromatic N) is 1. The number of carbonyl (C=O) groups excluding carboxylic acids is 2. The Bertz CT molecular complexity index is 450. The first-order valence-corrected chi connectivity index (χ1v) is 8.16. The van der Waals surface area contributed by atoms with Crippen molar-refractivity contribution in [3.8, 4) is 0 Å². The summed E-state index contributed by atoms with van der Waals surface area (Å²) < 4.78 is 5.05. The first-order valence-electron chi connectivity index (χ1n) is 7.72. The van der Waals surface area contributed by atoms with Crippen LogP contribution < -0.4 is 5.32 Å². The molecule has 0 aromatic heterocycles. The molecule has 1 unspecified atom stereocenters. The highest BCUT2D eigenvalue weighted by molar-refractivity contribution is 6.22. The van der Waals surface area contributed by atoms with Crippen molar-refractivity contribution in [2.45, 2.75) is 63.5 Å². The van der Waals surface area contributed by atoms with Gasteiger partial charge in [-0.3, -0.25) is 4.79 Å². The first-order chi connectivity index (χ1) is 10.6. The molecule has 1 heterocycles. The molecule has 0 aliphatic carbocycles. The van der Waals surface area contributed by atoms with Gasteiger partial charge in [0, 0.05) is 19.5 Å². The van der Waals surface area contributed by atoms with Gasteiger partial charge < -0.3 is 20.1 Å². The summed E-state index contributed by atoms with van der Waals surface area (Å²) in [7, 11) is 0. The Labute approximate surface area is 141 Å². The minimum absolute atomic E-state index is 0.0339. The lowest BCUT2D eigenvalue weighted by Crippen LogP contribution is -2.43. The Morgan fingerprint density at radius 1 is 1.43 bits per heavy atom. The van der Waals surface area contributed by atoms with E-state index in [0.717, 1.165) is 0 Å². The predicted octanol–water partition coefficient (Wildman–Crippen LogP) is 1.97. The van der Waals surface area contributed by atoms with Gasteiger partial charge in [-0.2, -0.15) is 0 Å². The van der Waals surface area contributed by atoms with Gasteiger partial charge in [-0.1, -0.05) is 0 Å². The third kappa shape index (κ3) is 7.54. The molecule has 0 bridgehead atoms. The number of amides is 2. The number of nitrogens with one attached hydrogen (secondary N) is 1. The van der Waals surface area contributed by atoms with E-state index in [-0.39, 0.29) is 17.7 Å². The van der Waals surface area contributed by atoms with Crippen LogP contribution in [0.2, 0.25) is 0 Å². The predicted molar refractivity (Wildman–Crippen MR) is 85.5 cm³/mol. The van der Waals surface area contributed by atoms with Crippen molar-refractivity contribution in [1.29, 1.82) is 0 Å². The number of carboxylic acid groups (broad SMARTS) is 1. The van der Waals surface area contributed by atoms with Crippen LogP contribution in [0.4, 0.5) is 4.79 Å². The van der Waals surface area contributed by atoms with E-state index in [1.807, 2.05) is 0 Å². The number of hydrogen-bond donors (Lipinski definition) is 2. The molecule has 0 saturated carbocycles. The fourth-order valence-corrected chi connectivity index (χ4v) is 2.60. The number of alkyl halides is 1. The quantitative estimate of drug-likeness (QED) is 0.541. The standard InChI is InChI=1S/C15H25ClN2O5/c1-15(2,3)23-14(22)17-11(13(20)21)6-4-5-7-18-9-10(16)8-12(18)19/h10-11H,4-9H2,1-3H3,(H,17,22)(H,20,21)/t10?,11-/m0/s1. The normalized spacial score (nSPS) is 19.6. The molecule has 1 fully saturated rings. The van der Waals surface area contributed by atoms with Crippen molar-refractivity contribution in [2.75, 3.05) is 13.1 Å². The first kappa shape index (κ1) is 19.5. The van der Waals surface area contributed by atoms with Crippen LogP contribution in [-0.2, 0) is 14.3 Å². The molecule has 1 aliphatic heterocycles. The van der Waals surface area contributed by atoms with Crippen LogP contribution in [-0.4, -0.2) is 58.1 Å². The molecule has 1 aliphatic rings. The van der Waals surface area contributed by atoms with Gasteiger partial charge in [0.1, 0.15) is 11.6 Å². The molecule has 2 atom stereocenters. The summed E-state index contributed by atoms with van der Waals surface area (Å²) in [4.78, 5) is 36.1. The molecule has 1 rings (SSSR count). The number of carbonyl (C=O) groups is 3. The smallest absolute Gasteiger partial charge is 0.408 e. The molecule has 0 aromatic rings. The number of likely N-dealkylation sites (tertiary alicyclic amines) is 1. The summed E-state index contributed by atoms with van der Waals surface area (Å²) in [5.41, 5.74) is -0.679. The Balaban J connectivity index is 2.32. The zero-order valence-corrected chi connectivity index (χ0v) is 14.6. The molecule has 1 saturated heterocycles. The van der Waals surface area contributed by atoms with E-state index in [1.54, 1.807) is 25.7 Å². The Kier molecular flexibility index (Phi) is 7.12. The summed E-state index contributed by atoms with van der Waals surface area (Å²) in [6, 6.07) is -1.00. The number of rotatable bonds is 7. The average molecular weight is 349 g/mol. The number of alkyl carbamates (subject to hydrolysis) is 1. The third-order valence-electron chi connectivity index (χ3n) is 3.33. The molecule has 2 N–H and O–H groups in total. The topological polar surface area (TPSA) is 95.9 Å². The highest BCUT2D eigenvalue weighted by Gasteiger charge is 2.28. The number of aliphatic carboxylic acids is 1. The number of unbranched alkanes of at least 4 members (excludes halogenated alkanes) is 1. The minimum atomic E-state index is -1.10. The zero-order valence-electron chi connectivity index (χ0n) is 13.8. The molecule has 8 heteroatoms. The molecule has 0 radical (unpaired) electrons. The van der Waals surface area contributed by atoms with Crippen molar-refractivity contribution < 1.29 is 24.2 Å². The largest absolute Gasteiger partial charge is 0.480 e. The van der Waals surface area contributed by atoms with E-state index in [0.29, 0.717) is 32.4 Å². The van der Waals surface area contributed by atoms with E-state index in [1.165, 1.54) is 0 Å². The van der Waals surface area contributed by atoms with E-state index < -0.39 is 23.7 Å². The van der Waals surface area contributed by atoms with Crippen LogP contribution in [0.5, 0.6) is 0 Å². The highest BCUT2D eigenvalue weighted by Crippen LogP contribution is 2.17. The van der Waals surface area contributed by atoms with Crippen molar-refractivity contribution in [1.82, 2.24) is 10.2 Å². The third-order valence-corrected chi connectivity index (χ3v) is 3.62. The minimum Gasteiger partial charge on any atom is -0.480 e. The fourth-order valence-electron chi connectivity index (χ4n) is 2.30. The SMILES string of the molecule is CC(C)(C)OC(=O)N[C@@H](CCCCN1CC(Cl)CC1=O)C(=O)O. The molecular weight excluding hydrogens is 324 g/mol. The van der Waals surface area contributed by atoms with Crippen LogP contribution in [0.25, 0.3) is 0 Å². The molecule has 7 nitrogen and oxygen atoms in total. The van der Waals surface area contributed by atoms with E-state index in [4.69, 9.17) is 21.4 Å². The van der Waals surface area contributed by atoms with Crippen molar-refractivity contribution in [3.63, 3.8) is 0 Å². The molecular formula is C15H25ClN2O5. The number of halogens is 1. The lowest BCUT2D eigenvalue weighted by atomic mass is 10.1. The van der Waals surface area contributed by atoms with Gasteiger partial charge in [-0.25, -0.2) is 9.59 Å². The van der Waals surface area contributed by atoms with E-state index >= 15 is 0 Å². The summed E-state index contributed by atoms with van der Waals surface area (Å²) in [5.74, 6) is -1.07. The van der Waals surface area contributed by atoms with Crippen LogP contribution in [0, 0.1) is 0 Å². The van der Waals surface area contributed by atoms with Crippen LogP contribution >= 0.6 is 11.6 Å².